The SMILES string of the molecule is CCOC(=O)/C=C/CC[C@@H](O)COCc1ccccc1. The summed E-state index contributed by atoms with van der Waals surface area (Å²) in [4.78, 5) is 11.0. The van der Waals surface area contributed by atoms with Gasteiger partial charge in [0.05, 0.1) is 25.9 Å². The molecule has 0 aliphatic rings. The molecule has 0 aliphatic heterocycles. The first kappa shape index (κ1) is 16.4. The molecule has 0 bridgehead atoms. The Labute approximate surface area is 120 Å². The highest BCUT2D eigenvalue weighted by Crippen LogP contribution is 2.04. The molecular formula is C16H22O4. The lowest BCUT2D eigenvalue weighted by molar-refractivity contribution is -0.137. The summed E-state index contributed by atoms with van der Waals surface area (Å²) in [6, 6.07) is 9.82. The summed E-state index contributed by atoms with van der Waals surface area (Å²) >= 11 is 0. The Morgan fingerprint density at radius 2 is 2.10 bits per heavy atom. The smallest absolute Gasteiger partial charge is 0.330 e. The number of rotatable bonds is 9. The Morgan fingerprint density at radius 1 is 1.35 bits per heavy atom. The third-order valence-electron chi connectivity index (χ3n) is 2.63. The van der Waals surface area contributed by atoms with E-state index in [0.29, 0.717) is 32.7 Å². The standard InChI is InChI=1S/C16H22O4/c1-2-20-16(18)11-7-6-10-15(17)13-19-12-14-8-4-3-5-9-14/h3-5,7-9,11,15,17H,2,6,10,12-13H2,1H3/b11-7+/t15-/m1/s1. The topological polar surface area (TPSA) is 55.8 Å². The summed E-state index contributed by atoms with van der Waals surface area (Å²) in [6.45, 7) is 2.93. The molecule has 110 valence electrons. The summed E-state index contributed by atoms with van der Waals surface area (Å²) in [5, 5.41) is 9.72. The van der Waals surface area contributed by atoms with Gasteiger partial charge >= 0.3 is 5.97 Å². The van der Waals surface area contributed by atoms with Gasteiger partial charge < -0.3 is 14.6 Å². The largest absolute Gasteiger partial charge is 0.463 e. The van der Waals surface area contributed by atoms with Crippen LogP contribution in [0.3, 0.4) is 0 Å². The molecule has 0 radical (unpaired) electrons. The first-order chi connectivity index (χ1) is 9.72. The van der Waals surface area contributed by atoms with Gasteiger partial charge in [-0.25, -0.2) is 4.79 Å². The zero-order valence-corrected chi connectivity index (χ0v) is 11.8. The minimum Gasteiger partial charge on any atom is -0.463 e. The number of carbonyl (C=O) groups is 1. The minimum atomic E-state index is -0.523. The molecule has 0 heterocycles. The van der Waals surface area contributed by atoms with Crippen LogP contribution in [-0.4, -0.2) is 30.4 Å². The number of carbonyl (C=O) groups excluding carboxylic acids is 1. The van der Waals surface area contributed by atoms with Gasteiger partial charge in [-0.15, -0.1) is 0 Å². The van der Waals surface area contributed by atoms with E-state index in [1.165, 1.54) is 6.08 Å². The first-order valence-electron chi connectivity index (χ1n) is 6.85. The average molecular weight is 278 g/mol. The van der Waals surface area contributed by atoms with E-state index in [0.717, 1.165) is 5.56 Å². The predicted octanol–water partition coefficient (Wildman–Crippen LogP) is 2.46. The molecule has 1 N–H and O–H groups in total. The highest BCUT2D eigenvalue weighted by Gasteiger charge is 2.03. The molecule has 0 aromatic heterocycles. The van der Waals surface area contributed by atoms with Crippen LogP contribution < -0.4 is 0 Å². The van der Waals surface area contributed by atoms with Crippen LogP contribution in [-0.2, 0) is 20.9 Å². The van der Waals surface area contributed by atoms with Gasteiger partial charge in [0.15, 0.2) is 0 Å². The van der Waals surface area contributed by atoms with Gasteiger partial charge in [0.2, 0.25) is 0 Å². The summed E-state index contributed by atoms with van der Waals surface area (Å²) in [7, 11) is 0. The molecule has 0 spiro atoms. The summed E-state index contributed by atoms with van der Waals surface area (Å²) in [6.07, 6.45) is 3.75. The van der Waals surface area contributed by atoms with Crippen LogP contribution in [0.15, 0.2) is 42.5 Å². The van der Waals surface area contributed by atoms with E-state index in [1.54, 1.807) is 13.0 Å². The summed E-state index contributed by atoms with van der Waals surface area (Å²) in [5.74, 6) is -0.345. The Kier molecular flexibility index (Phi) is 8.35. The lowest BCUT2D eigenvalue weighted by Crippen LogP contribution is -2.14. The van der Waals surface area contributed by atoms with Crippen LogP contribution in [0.25, 0.3) is 0 Å². The van der Waals surface area contributed by atoms with Crippen LogP contribution in [0.4, 0.5) is 0 Å². The molecular weight excluding hydrogens is 256 g/mol. The van der Waals surface area contributed by atoms with Crippen LogP contribution in [0.1, 0.15) is 25.3 Å². The van der Waals surface area contributed by atoms with Crippen molar-refractivity contribution in [1.82, 2.24) is 0 Å². The predicted molar refractivity (Wildman–Crippen MR) is 77.1 cm³/mol. The molecule has 0 saturated carbocycles. The zero-order valence-electron chi connectivity index (χ0n) is 11.8. The van der Waals surface area contributed by atoms with Crippen molar-refractivity contribution in [2.45, 2.75) is 32.5 Å². The quantitative estimate of drug-likeness (QED) is 0.557. The molecule has 4 nitrogen and oxygen atoms in total. The van der Waals surface area contributed by atoms with Crippen LogP contribution >= 0.6 is 0 Å². The van der Waals surface area contributed by atoms with Crippen molar-refractivity contribution in [2.24, 2.45) is 0 Å². The molecule has 1 rings (SSSR count). The number of hydrogen-bond acceptors (Lipinski definition) is 4. The van der Waals surface area contributed by atoms with Gasteiger partial charge in [-0.1, -0.05) is 36.4 Å². The average Bonchev–Trinajstić information content (AvgIpc) is 2.45. The highest BCUT2D eigenvalue weighted by atomic mass is 16.5. The van der Waals surface area contributed by atoms with Crippen molar-refractivity contribution < 1.29 is 19.4 Å². The maximum absolute atomic E-state index is 11.0. The fourth-order valence-corrected chi connectivity index (χ4v) is 1.63. The molecule has 1 aromatic carbocycles. The van der Waals surface area contributed by atoms with E-state index < -0.39 is 6.10 Å². The number of esters is 1. The molecule has 1 aromatic rings. The number of hydrogen-bond donors (Lipinski definition) is 1. The second-order valence-electron chi connectivity index (χ2n) is 4.39. The number of allylic oxidation sites excluding steroid dienone is 1. The molecule has 0 fully saturated rings. The fourth-order valence-electron chi connectivity index (χ4n) is 1.63. The molecule has 0 saturated heterocycles. The van der Waals surface area contributed by atoms with Crippen molar-refractivity contribution >= 4 is 5.97 Å². The third kappa shape index (κ3) is 7.71. The third-order valence-corrected chi connectivity index (χ3v) is 2.63. The highest BCUT2D eigenvalue weighted by molar-refractivity contribution is 5.81. The summed E-state index contributed by atoms with van der Waals surface area (Å²) < 4.78 is 10.2. The van der Waals surface area contributed by atoms with Crippen LogP contribution in [0.5, 0.6) is 0 Å². The lowest BCUT2D eigenvalue weighted by Gasteiger charge is -2.10. The van der Waals surface area contributed by atoms with Crippen LogP contribution in [0.2, 0.25) is 0 Å². The molecule has 1 atom stereocenters. The maximum atomic E-state index is 11.0. The van der Waals surface area contributed by atoms with E-state index in [2.05, 4.69) is 0 Å². The Morgan fingerprint density at radius 3 is 2.80 bits per heavy atom. The van der Waals surface area contributed by atoms with Crippen molar-refractivity contribution in [3.05, 3.63) is 48.0 Å². The van der Waals surface area contributed by atoms with E-state index in [1.807, 2.05) is 30.3 Å². The van der Waals surface area contributed by atoms with E-state index in [-0.39, 0.29) is 5.97 Å². The van der Waals surface area contributed by atoms with Gasteiger partial charge in [-0.05, 0) is 25.3 Å². The Bertz CT molecular complexity index is 400. The first-order valence-corrected chi connectivity index (χ1v) is 6.85. The summed E-state index contributed by atoms with van der Waals surface area (Å²) in [5.41, 5.74) is 1.09. The van der Waals surface area contributed by atoms with Gasteiger partial charge in [-0.3, -0.25) is 0 Å². The van der Waals surface area contributed by atoms with Gasteiger partial charge in [0, 0.05) is 6.08 Å². The van der Waals surface area contributed by atoms with Crippen molar-refractivity contribution in [3.8, 4) is 0 Å². The Hall–Kier alpha value is -1.65. The molecule has 20 heavy (non-hydrogen) atoms. The normalized spacial score (nSPS) is 12.5. The van der Waals surface area contributed by atoms with E-state index in [4.69, 9.17) is 9.47 Å². The van der Waals surface area contributed by atoms with Gasteiger partial charge in [0.1, 0.15) is 0 Å². The van der Waals surface area contributed by atoms with E-state index >= 15 is 0 Å². The fraction of sp³-hybridized carbons (Fsp3) is 0.438. The van der Waals surface area contributed by atoms with Crippen molar-refractivity contribution in [1.29, 1.82) is 0 Å². The number of ether oxygens (including phenoxy) is 2. The number of benzene rings is 1. The van der Waals surface area contributed by atoms with Crippen molar-refractivity contribution in [2.75, 3.05) is 13.2 Å². The zero-order chi connectivity index (χ0) is 14.6. The maximum Gasteiger partial charge on any atom is 0.330 e. The number of aliphatic hydroxyl groups excluding tert-OH is 1. The molecule has 4 heteroatoms. The van der Waals surface area contributed by atoms with Gasteiger partial charge in [0.25, 0.3) is 0 Å². The van der Waals surface area contributed by atoms with Crippen molar-refractivity contribution in [3.63, 3.8) is 0 Å². The minimum absolute atomic E-state index is 0.294. The van der Waals surface area contributed by atoms with Gasteiger partial charge in [-0.2, -0.15) is 0 Å². The molecule has 0 amide bonds. The number of aliphatic hydroxyl groups is 1. The van der Waals surface area contributed by atoms with E-state index in [9.17, 15) is 9.90 Å². The lowest BCUT2D eigenvalue weighted by atomic mass is 10.2. The second-order valence-corrected chi connectivity index (χ2v) is 4.39. The second kappa shape index (κ2) is 10.2. The van der Waals surface area contributed by atoms with Crippen LogP contribution in [0, 0.1) is 0 Å². The monoisotopic (exact) mass is 278 g/mol. The molecule has 0 aliphatic carbocycles. The molecule has 0 unspecified atom stereocenters. The Balaban J connectivity index is 2.08.